The van der Waals surface area contributed by atoms with E-state index >= 15 is 0 Å². The Morgan fingerprint density at radius 1 is 1.50 bits per heavy atom. The fourth-order valence-electron chi connectivity index (χ4n) is 1.30. The van der Waals surface area contributed by atoms with Crippen molar-refractivity contribution in [3.05, 3.63) is 35.2 Å². The van der Waals surface area contributed by atoms with Gasteiger partial charge in [-0.25, -0.2) is 4.98 Å². The van der Waals surface area contributed by atoms with Crippen molar-refractivity contribution in [2.75, 3.05) is 5.33 Å². The van der Waals surface area contributed by atoms with Crippen molar-refractivity contribution in [1.82, 2.24) is 9.38 Å². The minimum atomic E-state index is 0.425. The number of hydrogen-bond donors (Lipinski definition) is 0. The van der Waals surface area contributed by atoms with Crippen molar-refractivity contribution >= 4 is 33.2 Å². The van der Waals surface area contributed by atoms with Crippen LogP contribution in [-0.4, -0.2) is 14.7 Å². The Labute approximate surface area is 96.0 Å². The smallest absolute Gasteiger partial charge is 0.137 e. The van der Waals surface area contributed by atoms with Crippen LogP contribution in [0.25, 0.3) is 5.65 Å². The van der Waals surface area contributed by atoms with Crippen molar-refractivity contribution in [2.45, 2.75) is 12.8 Å². The normalized spacial score (nSPS) is 13.4. The molecular formula is C10H10BrClN2. The molecule has 0 saturated carbocycles. The summed E-state index contributed by atoms with van der Waals surface area (Å²) in [5, 5.41) is 1.65. The summed E-state index contributed by atoms with van der Waals surface area (Å²) in [6.07, 6.45) is 3.89. The Morgan fingerprint density at radius 2 is 2.29 bits per heavy atom. The summed E-state index contributed by atoms with van der Waals surface area (Å²) in [7, 11) is 0. The number of nitrogens with zero attached hydrogens (tertiary/aromatic N) is 2. The fraction of sp³-hybridized carbons (Fsp3) is 0.300. The quantitative estimate of drug-likeness (QED) is 0.766. The van der Waals surface area contributed by atoms with Crippen LogP contribution in [0.5, 0.6) is 0 Å². The first-order chi connectivity index (χ1) is 6.70. The third-order valence-electron chi connectivity index (χ3n) is 2.17. The molecule has 0 spiro atoms. The average molecular weight is 274 g/mol. The maximum atomic E-state index is 5.88. The van der Waals surface area contributed by atoms with Crippen LogP contribution in [0, 0.1) is 0 Å². The third-order valence-corrected chi connectivity index (χ3v) is 3.36. The summed E-state index contributed by atoms with van der Waals surface area (Å²) >= 11 is 9.33. The molecule has 14 heavy (non-hydrogen) atoms. The van der Waals surface area contributed by atoms with Crippen molar-refractivity contribution in [3.63, 3.8) is 0 Å². The first-order valence-electron chi connectivity index (χ1n) is 4.41. The highest BCUT2D eigenvalue weighted by Gasteiger charge is 2.08. The SMILES string of the molecule is CC(CBr)c1cn2cc(Cl)ccc2n1. The number of hydrogen-bond acceptors (Lipinski definition) is 1. The molecule has 0 fully saturated rings. The van der Waals surface area contributed by atoms with Gasteiger partial charge in [0.05, 0.1) is 10.7 Å². The minimum absolute atomic E-state index is 0.425. The van der Waals surface area contributed by atoms with E-state index in [2.05, 4.69) is 27.8 Å². The predicted molar refractivity (Wildman–Crippen MR) is 62.4 cm³/mol. The Morgan fingerprint density at radius 3 is 3.00 bits per heavy atom. The third kappa shape index (κ3) is 1.79. The molecule has 1 atom stereocenters. The van der Waals surface area contributed by atoms with Gasteiger partial charge in [0.25, 0.3) is 0 Å². The van der Waals surface area contributed by atoms with Crippen LogP contribution in [0.15, 0.2) is 24.5 Å². The molecule has 0 aliphatic heterocycles. The number of rotatable bonds is 2. The van der Waals surface area contributed by atoms with E-state index in [1.54, 1.807) is 0 Å². The van der Waals surface area contributed by atoms with Crippen LogP contribution in [0.4, 0.5) is 0 Å². The number of pyridine rings is 1. The number of aromatic nitrogens is 2. The molecule has 0 amide bonds. The van der Waals surface area contributed by atoms with Crippen molar-refractivity contribution in [2.24, 2.45) is 0 Å². The first kappa shape index (κ1) is 9.99. The molecule has 2 aromatic heterocycles. The van der Waals surface area contributed by atoms with E-state index in [1.807, 2.05) is 28.9 Å². The van der Waals surface area contributed by atoms with E-state index in [0.717, 1.165) is 21.7 Å². The lowest BCUT2D eigenvalue weighted by atomic mass is 10.2. The molecule has 0 bridgehead atoms. The number of imidazole rings is 1. The highest BCUT2D eigenvalue weighted by atomic mass is 79.9. The fourth-order valence-corrected chi connectivity index (χ4v) is 1.80. The lowest BCUT2D eigenvalue weighted by Crippen LogP contribution is -1.93. The monoisotopic (exact) mass is 272 g/mol. The highest BCUT2D eigenvalue weighted by Crippen LogP contribution is 2.18. The van der Waals surface area contributed by atoms with Crippen LogP contribution in [0.1, 0.15) is 18.5 Å². The van der Waals surface area contributed by atoms with E-state index in [1.165, 1.54) is 0 Å². The second-order valence-electron chi connectivity index (χ2n) is 3.33. The van der Waals surface area contributed by atoms with Crippen LogP contribution >= 0.6 is 27.5 Å². The molecule has 2 nitrogen and oxygen atoms in total. The zero-order chi connectivity index (χ0) is 10.1. The molecule has 1 unspecified atom stereocenters. The van der Waals surface area contributed by atoms with Gasteiger partial charge < -0.3 is 4.40 Å². The van der Waals surface area contributed by atoms with Crippen LogP contribution in [-0.2, 0) is 0 Å². The number of halogens is 2. The molecule has 0 saturated heterocycles. The van der Waals surface area contributed by atoms with Gasteiger partial charge in [-0.2, -0.15) is 0 Å². The molecule has 0 aliphatic rings. The zero-order valence-corrected chi connectivity index (χ0v) is 10.1. The van der Waals surface area contributed by atoms with Gasteiger partial charge in [-0.3, -0.25) is 0 Å². The summed E-state index contributed by atoms with van der Waals surface area (Å²) in [6.45, 7) is 2.14. The van der Waals surface area contributed by atoms with E-state index in [0.29, 0.717) is 5.92 Å². The van der Waals surface area contributed by atoms with Crippen LogP contribution < -0.4 is 0 Å². The highest BCUT2D eigenvalue weighted by molar-refractivity contribution is 9.09. The van der Waals surface area contributed by atoms with Gasteiger partial charge in [-0.1, -0.05) is 34.5 Å². The van der Waals surface area contributed by atoms with E-state index in [9.17, 15) is 0 Å². The van der Waals surface area contributed by atoms with Gasteiger partial charge in [-0.05, 0) is 12.1 Å². The minimum Gasteiger partial charge on any atom is -0.305 e. The molecule has 0 aliphatic carbocycles. The second kappa shape index (κ2) is 3.91. The number of fused-ring (bicyclic) bond motifs is 1. The van der Waals surface area contributed by atoms with Gasteiger partial charge in [0, 0.05) is 23.6 Å². The van der Waals surface area contributed by atoms with Crippen molar-refractivity contribution < 1.29 is 0 Å². The molecule has 0 N–H and O–H groups in total. The maximum absolute atomic E-state index is 5.88. The van der Waals surface area contributed by atoms with Crippen LogP contribution in [0.2, 0.25) is 5.02 Å². The van der Waals surface area contributed by atoms with Crippen molar-refractivity contribution in [3.8, 4) is 0 Å². The second-order valence-corrected chi connectivity index (χ2v) is 4.42. The molecule has 74 valence electrons. The Hall–Kier alpha value is -0.540. The molecular weight excluding hydrogens is 263 g/mol. The molecule has 2 aromatic rings. The van der Waals surface area contributed by atoms with Crippen LogP contribution in [0.3, 0.4) is 0 Å². The van der Waals surface area contributed by atoms with Gasteiger partial charge in [-0.15, -0.1) is 0 Å². The molecule has 2 heterocycles. The summed E-state index contributed by atoms with van der Waals surface area (Å²) in [5.41, 5.74) is 2.03. The van der Waals surface area contributed by atoms with E-state index < -0.39 is 0 Å². The van der Waals surface area contributed by atoms with Gasteiger partial charge in [0.2, 0.25) is 0 Å². The summed E-state index contributed by atoms with van der Waals surface area (Å²) in [6, 6.07) is 3.78. The molecule has 0 aromatic carbocycles. The van der Waals surface area contributed by atoms with Gasteiger partial charge in [0.15, 0.2) is 0 Å². The van der Waals surface area contributed by atoms with E-state index in [4.69, 9.17) is 11.6 Å². The number of alkyl halides is 1. The Balaban J connectivity index is 2.51. The summed E-state index contributed by atoms with van der Waals surface area (Å²) < 4.78 is 1.96. The largest absolute Gasteiger partial charge is 0.305 e. The van der Waals surface area contributed by atoms with Gasteiger partial charge in [0.1, 0.15) is 5.65 Å². The van der Waals surface area contributed by atoms with Crippen molar-refractivity contribution in [1.29, 1.82) is 0 Å². The summed E-state index contributed by atoms with van der Waals surface area (Å²) in [4.78, 5) is 4.50. The predicted octanol–water partition coefficient (Wildman–Crippen LogP) is 3.49. The Kier molecular flexibility index (Phi) is 2.79. The standard InChI is InChI=1S/C10H10BrClN2/c1-7(4-11)9-6-14-5-8(12)2-3-10(14)13-9/h2-3,5-7H,4H2,1H3. The Bertz CT molecular complexity index is 452. The lowest BCUT2D eigenvalue weighted by molar-refractivity contribution is 0.853. The van der Waals surface area contributed by atoms with Gasteiger partial charge >= 0.3 is 0 Å². The molecule has 4 heteroatoms. The lowest BCUT2D eigenvalue weighted by Gasteiger charge is -2.00. The molecule has 2 rings (SSSR count). The summed E-state index contributed by atoms with van der Waals surface area (Å²) in [5.74, 6) is 0.425. The first-order valence-corrected chi connectivity index (χ1v) is 5.91. The van der Waals surface area contributed by atoms with E-state index in [-0.39, 0.29) is 0 Å². The zero-order valence-electron chi connectivity index (χ0n) is 7.74. The maximum Gasteiger partial charge on any atom is 0.137 e. The average Bonchev–Trinajstić information content (AvgIpc) is 2.59. The molecule has 0 radical (unpaired) electrons. The topological polar surface area (TPSA) is 17.3 Å².